The molecule has 0 saturated carbocycles. The maximum absolute atomic E-state index is 11.5. The van der Waals surface area contributed by atoms with Gasteiger partial charge >= 0.3 is 5.97 Å². The lowest BCUT2D eigenvalue weighted by molar-refractivity contribution is -0.137. The largest absolute Gasteiger partial charge is 0.480 e. The fourth-order valence-electron chi connectivity index (χ4n) is 1.62. The van der Waals surface area contributed by atoms with Crippen molar-refractivity contribution in [2.75, 3.05) is 0 Å². The first kappa shape index (κ1) is 13.0. The molecule has 0 aliphatic rings. The predicted molar refractivity (Wildman–Crippen MR) is 65.6 cm³/mol. The van der Waals surface area contributed by atoms with Gasteiger partial charge in [-0.25, -0.2) is 0 Å². The fourth-order valence-corrected chi connectivity index (χ4v) is 1.62. The molecule has 0 aliphatic carbocycles. The van der Waals surface area contributed by atoms with Crippen LogP contribution in [0.1, 0.15) is 19.2 Å². The van der Waals surface area contributed by atoms with Gasteiger partial charge in [0.15, 0.2) is 5.82 Å². The van der Waals surface area contributed by atoms with Crippen LogP contribution in [0.25, 0.3) is 11.5 Å². The summed E-state index contributed by atoms with van der Waals surface area (Å²) in [6, 6.07) is 2.81. The monoisotopic (exact) mass is 263 g/mol. The summed E-state index contributed by atoms with van der Waals surface area (Å²) >= 11 is 0. The zero-order valence-electron chi connectivity index (χ0n) is 10.4. The molecule has 0 fully saturated rings. The highest BCUT2D eigenvalue weighted by atomic mass is 16.5. The van der Waals surface area contributed by atoms with Crippen LogP contribution in [0.3, 0.4) is 0 Å². The molecule has 0 spiro atoms. The van der Waals surface area contributed by atoms with Gasteiger partial charge in [0.2, 0.25) is 0 Å². The molecule has 0 aliphatic heterocycles. The Bertz CT molecular complexity index is 644. The summed E-state index contributed by atoms with van der Waals surface area (Å²) in [5, 5.41) is 12.5. The van der Waals surface area contributed by atoms with Crippen LogP contribution in [0, 0.1) is 0 Å². The average molecular weight is 263 g/mol. The molecular weight excluding hydrogens is 250 g/mol. The van der Waals surface area contributed by atoms with E-state index >= 15 is 0 Å². The fraction of sp³-hybridized carbons (Fsp3) is 0.333. The van der Waals surface area contributed by atoms with Crippen LogP contribution >= 0.6 is 0 Å². The van der Waals surface area contributed by atoms with E-state index in [1.54, 1.807) is 0 Å². The van der Waals surface area contributed by atoms with Gasteiger partial charge in [-0.2, -0.15) is 4.98 Å². The van der Waals surface area contributed by atoms with Gasteiger partial charge < -0.3 is 14.2 Å². The molecule has 2 aromatic rings. The molecule has 0 amide bonds. The summed E-state index contributed by atoms with van der Waals surface area (Å²) in [6.45, 7) is 1.60. The van der Waals surface area contributed by atoms with E-state index in [0.29, 0.717) is 17.8 Å². The van der Waals surface area contributed by atoms with Crippen molar-refractivity contribution in [1.29, 1.82) is 0 Å². The van der Waals surface area contributed by atoms with E-state index in [1.165, 1.54) is 18.3 Å². The first-order valence-electron chi connectivity index (χ1n) is 5.85. The van der Waals surface area contributed by atoms with E-state index in [4.69, 9.17) is 9.63 Å². The van der Waals surface area contributed by atoms with E-state index in [9.17, 15) is 9.59 Å². The van der Waals surface area contributed by atoms with Gasteiger partial charge in [-0.15, -0.1) is 0 Å². The van der Waals surface area contributed by atoms with Gasteiger partial charge in [0, 0.05) is 18.7 Å². The summed E-state index contributed by atoms with van der Waals surface area (Å²) in [5.74, 6) is -0.215. The Morgan fingerprint density at radius 2 is 2.26 bits per heavy atom. The molecule has 0 unspecified atom stereocenters. The second-order valence-electron chi connectivity index (χ2n) is 4.04. The van der Waals surface area contributed by atoms with Gasteiger partial charge in [0.1, 0.15) is 6.54 Å². The van der Waals surface area contributed by atoms with Crippen LogP contribution in [0.2, 0.25) is 0 Å². The predicted octanol–water partition coefficient (Wildman–Crippen LogP) is 0.935. The van der Waals surface area contributed by atoms with Crippen LogP contribution in [0.5, 0.6) is 0 Å². The molecule has 0 atom stereocenters. The molecule has 7 nitrogen and oxygen atoms in total. The Balaban J connectivity index is 2.33. The normalized spacial score (nSPS) is 10.6. The maximum atomic E-state index is 11.5. The number of carbonyl (C=O) groups is 1. The van der Waals surface area contributed by atoms with Gasteiger partial charge in [0.05, 0.1) is 5.56 Å². The van der Waals surface area contributed by atoms with Gasteiger partial charge in [-0.05, 0) is 12.5 Å². The first-order chi connectivity index (χ1) is 9.10. The van der Waals surface area contributed by atoms with E-state index in [0.717, 1.165) is 11.0 Å². The molecule has 0 aromatic carbocycles. The van der Waals surface area contributed by atoms with Gasteiger partial charge in [-0.1, -0.05) is 12.1 Å². The van der Waals surface area contributed by atoms with Crippen LogP contribution in [0.15, 0.2) is 27.6 Å². The third-order valence-electron chi connectivity index (χ3n) is 2.48. The Labute approximate surface area is 108 Å². The number of nitrogens with zero attached hydrogens (tertiary/aromatic N) is 3. The molecule has 1 N–H and O–H groups in total. The number of rotatable bonds is 5. The number of carboxylic acids is 1. The molecule has 7 heteroatoms. The molecular formula is C12H13N3O4. The Morgan fingerprint density at radius 1 is 1.47 bits per heavy atom. The maximum Gasteiger partial charge on any atom is 0.323 e. The van der Waals surface area contributed by atoms with Crippen molar-refractivity contribution in [3.8, 4) is 11.5 Å². The third-order valence-corrected chi connectivity index (χ3v) is 2.48. The molecule has 2 heterocycles. The van der Waals surface area contributed by atoms with Crippen molar-refractivity contribution in [2.45, 2.75) is 26.3 Å². The zero-order chi connectivity index (χ0) is 13.8. The minimum absolute atomic E-state index is 0.280. The van der Waals surface area contributed by atoms with Crippen molar-refractivity contribution in [2.24, 2.45) is 0 Å². The minimum Gasteiger partial charge on any atom is -0.480 e. The van der Waals surface area contributed by atoms with E-state index in [1.807, 2.05) is 6.92 Å². The van der Waals surface area contributed by atoms with E-state index in [-0.39, 0.29) is 11.4 Å². The number of hydrogen-bond donors (Lipinski definition) is 1. The van der Waals surface area contributed by atoms with Crippen LogP contribution in [-0.4, -0.2) is 25.8 Å². The average Bonchev–Trinajstić information content (AvgIpc) is 2.80. The molecule has 2 rings (SSSR count). The highest BCUT2D eigenvalue weighted by Gasteiger charge is 2.10. The van der Waals surface area contributed by atoms with Crippen molar-refractivity contribution < 1.29 is 14.4 Å². The summed E-state index contributed by atoms with van der Waals surface area (Å²) in [6.07, 6.45) is 3.01. The SMILES string of the molecule is CCCc1noc(-c2ccc(=O)n(CC(=O)O)c2)n1. The number of pyridine rings is 1. The van der Waals surface area contributed by atoms with Crippen molar-refractivity contribution in [3.63, 3.8) is 0 Å². The number of aryl methyl sites for hydroxylation is 1. The molecule has 0 radical (unpaired) electrons. The highest BCUT2D eigenvalue weighted by Crippen LogP contribution is 2.15. The second-order valence-corrected chi connectivity index (χ2v) is 4.04. The van der Waals surface area contributed by atoms with E-state index < -0.39 is 12.5 Å². The topological polar surface area (TPSA) is 98.2 Å². The lowest BCUT2D eigenvalue weighted by atomic mass is 10.2. The lowest BCUT2D eigenvalue weighted by Gasteiger charge is -2.02. The number of hydrogen-bond acceptors (Lipinski definition) is 5. The minimum atomic E-state index is -1.09. The van der Waals surface area contributed by atoms with Gasteiger partial charge in [-0.3, -0.25) is 9.59 Å². The summed E-state index contributed by atoms with van der Waals surface area (Å²) in [4.78, 5) is 26.3. The van der Waals surface area contributed by atoms with Crippen molar-refractivity contribution in [3.05, 3.63) is 34.5 Å². The highest BCUT2D eigenvalue weighted by molar-refractivity contribution is 5.66. The molecule has 19 heavy (non-hydrogen) atoms. The lowest BCUT2D eigenvalue weighted by Crippen LogP contribution is -2.22. The standard InChI is InChI=1S/C12H13N3O4/c1-2-3-9-13-12(19-14-9)8-4-5-10(16)15(6-8)7-11(17)18/h4-6H,2-3,7H2,1H3,(H,17,18). The summed E-state index contributed by atoms with van der Waals surface area (Å²) in [5.41, 5.74) is 0.134. The number of carboxylic acid groups (broad SMARTS) is 1. The Hall–Kier alpha value is -2.44. The zero-order valence-corrected chi connectivity index (χ0v) is 10.4. The number of aliphatic carboxylic acids is 1. The molecule has 0 saturated heterocycles. The molecule has 0 bridgehead atoms. The quantitative estimate of drug-likeness (QED) is 0.861. The van der Waals surface area contributed by atoms with Crippen LogP contribution < -0.4 is 5.56 Å². The number of aromatic nitrogens is 3. The summed E-state index contributed by atoms with van der Waals surface area (Å²) in [7, 11) is 0. The third kappa shape index (κ3) is 3.06. The molecule has 100 valence electrons. The second kappa shape index (κ2) is 5.47. The summed E-state index contributed by atoms with van der Waals surface area (Å²) < 4.78 is 6.16. The van der Waals surface area contributed by atoms with E-state index in [2.05, 4.69) is 10.1 Å². The van der Waals surface area contributed by atoms with Crippen molar-refractivity contribution >= 4 is 5.97 Å². The van der Waals surface area contributed by atoms with Crippen molar-refractivity contribution in [1.82, 2.24) is 14.7 Å². The Morgan fingerprint density at radius 3 is 2.95 bits per heavy atom. The smallest absolute Gasteiger partial charge is 0.323 e. The molecule has 2 aromatic heterocycles. The van der Waals surface area contributed by atoms with Gasteiger partial charge in [0.25, 0.3) is 11.4 Å². The first-order valence-corrected chi connectivity index (χ1v) is 5.85. The van der Waals surface area contributed by atoms with Crippen LogP contribution in [0.4, 0.5) is 0 Å². The Kier molecular flexibility index (Phi) is 3.74. The van der Waals surface area contributed by atoms with Crippen LogP contribution in [-0.2, 0) is 17.8 Å².